The Morgan fingerprint density at radius 3 is 2.61 bits per heavy atom. The van der Waals surface area contributed by atoms with Crippen LogP contribution < -0.4 is 15.4 Å². The summed E-state index contributed by atoms with van der Waals surface area (Å²) in [6.07, 6.45) is 0.630. The Kier molecular flexibility index (Phi) is 9.05. The number of aliphatic hydroxyl groups excluding tert-OH is 1. The Bertz CT molecular complexity index is 1280. The Labute approximate surface area is 229 Å². The van der Waals surface area contributed by atoms with Gasteiger partial charge >= 0.3 is 0 Å². The molecule has 3 N–H and O–H groups in total. The summed E-state index contributed by atoms with van der Waals surface area (Å²) < 4.78 is 5.78. The lowest BCUT2D eigenvalue weighted by molar-refractivity contribution is 0.0725. The van der Waals surface area contributed by atoms with Gasteiger partial charge in [-0.2, -0.15) is 0 Å². The van der Waals surface area contributed by atoms with Crippen LogP contribution in [0.5, 0.6) is 5.75 Å². The second kappa shape index (κ2) is 12.4. The molecule has 0 saturated carbocycles. The van der Waals surface area contributed by atoms with Gasteiger partial charge in [-0.05, 0) is 54.2 Å². The van der Waals surface area contributed by atoms with E-state index in [4.69, 9.17) is 4.74 Å². The molecule has 0 radical (unpaired) electrons. The van der Waals surface area contributed by atoms with E-state index in [0.717, 1.165) is 11.1 Å². The van der Waals surface area contributed by atoms with Gasteiger partial charge in [0.25, 0.3) is 11.8 Å². The molecule has 2 amide bonds. The van der Waals surface area contributed by atoms with Crippen LogP contribution in [-0.2, 0) is 25.9 Å². The number of amides is 2. The van der Waals surface area contributed by atoms with Gasteiger partial charge in [-0.1, -0.05) is 54.6 Å². The molecule has 38 heavy (non-hydrogen) atoms. The number of halogens is 1. The Morgan fingerprint density at radius 2 is 1.84 bits per heavy atom. The highest BCUT2D eigenvalue weighted by molar-refractivity contribution is 6.02. The third-order valence-corrected chi connectivity index (χ3v) is 7.18. The fraction of sp³-hybridized carbons (Fsp3) is 0.333. The van der Waals surface area contributed by atoms with Crippen molar-refractivity contribution in [1.29, 1.82) is 0 Å². The molecule has 2 atom stereocenters. The smallest absolute Gasteiger partial charge is 0.255 e. The Morgan fingerprint density at radius 1 is 1.11 bits per heavy atom. The number of carbonyl (C=O) groups excluding carboxylic acids is 2. The maximum absolute atomic E-state index is 13.3. The number of hydrogen-bond acceptors (Lipinski definition) is 5. The third-order valence-electron chi connectivity index (χ3n) is 7.18. The monoisotopic (exact) mass is 535 g/mol. The first-order valence-corrected chi connectivity index (χ1v) is 12.9. The van der Waals surface area contributed by atoms with E-state index in [1.54, 1.807) is 12.1 Å². The zero-order valence-corrected chi connectivity index (χ0v) is 22.3. The zero-order valence-electron chi connectivity index (χ0n) is 21.5. The summed E-state index contributed by atoms with van der Waals surface area (Å²) in [6, 6.07) is 21.4. The Hall–Kier alpha value is -3.39. The highest BCUT2D eigenvalue weighted by Crippen LogP contribution is 2.29. The Balaban J connectivity index is 0.00000336. The number of nitrogens with one attached hydrogen (secondary N) is 2. The third kappa shape index (κ3) is 6.01. The molecule has 0 aliphatic carbocycles. The largest absolute Gasteiger partial charge is 0.493 e. The second-order valence-electron chi connectivity index (χ2n) is 9.64. The van der Waals surface area contributed by atoms with Crippen molar-refractivity contribution in [3.63, 3.8) is 0 Å². The molecular weight excluding hydrogens is 502 g/mol. The summed E-state index contributed by atoms with van der Waals surface area (Å²) in [6.45, 7) is 4.16. The van der Waals surface area contributed by atoms with Gasteiger partial charge in [-0.3, -0.25) is 9.59 Å². The van der Waals surface area contributed by atoms with Gasteiger partial charge in [0.05, 0.1) is 18.3 Å². The van der Waals surface area contributed by atoms with Crippen molar-refractivity contribution in [3.8, 4) is 5.75 Å². The van der Waals surface area contributed by atoms with Gasteiger partial charge < -0.3 is 25.4 Å². The minimum Gasteiger partial charge on any atom is -0.493 e. The van der Waals surface area contributed by atoms with Crippen LogP contribution in [-0.4, -0.2) is 53.7 Å². The zero-order chi connectivity index (χ0) is 25.8. The normalized spacial score (nSPS) is 17.1. The van der Waals surface area contributed by atoms with Crippen LogP contribution in [0, 0.1) is 0 Å². The van der Waals surface area contributed by atoms with Crippen LogP contribution in [0.25, 0.3) is 0 Å². The van der Waals surface area contributed by atoms with Crippen LogP contribution in [0.15, 0.2) is 66.7 Å². The van der Waals surface area contributed by atoms with Crippen molar-refractivity contribution in [2.24, 2.45) is 0 Å². The molecule has 0 fully saturated rings. The molecule has 8 heteroatoms. The van der Waals surface area contributed by atoms with Crippen molar-refractivity contribution in [3.05, 3.63) is 100 Å². The van der Waals surface area contributed by atoms with E-state index in [0.29, 0.717) is 56.0 Å². The number of benzene rings is 3. The molecule has 7 nitrogen and oxygen atoms in total. The van der Waals surface area contributed by atoms with Gasteiger partial charge in [0, 0.05) is 37.8 Å². The first-order chi connectivity index (χ1) is 18.0. The molecule has 5 rings (SSSR count). The minimum atomic E-state index is -0.737. The van der Waals surface area contributed by atoms with Gasteiger partial charge in [0.2, 0.25) is 0 Å². The highest BCUT2D eigenvalue weighted by Gasteiger charge is 2.29. The molecular formula is C30H34ClN3O4. The highest BCUT2D eigenvalue weighted by atomic mass is 35.5. The van der Waals surface area contributed by atoms with Gasteiger partial charge in [-0.25, -0.2) is 0 Å². The quantitative estimate of drug-likeness (QED) is 0.411. The number of hydrogen-bond donors (Lipinski definition) is 3. The first kappa shape index (κ1) is 27.6. The predicted molar refractivity (Wildman–Crippen MR) is 149 cm³/mol. The van der Waals surface area contributed by atoms with E-state index in [1.165, 1.54) is 11.1 Å². The summed E-state index contributed by atoms with van der Waals surface area (Å²) in [4.78, 5) is 28.3. The van der Waals surface area contributed by atoms with Gasteiger partial charge in [0.15, 0.2) is 0 Å². The fourth-order valence-electron chi connectivity index (χ4n) is 5.15. The lowest BCUT2D eigenvalue weighted by atomic mass is 9.93. The molecule has 2 aliphatic heterocycles. The summed E-state index contributed by atoms with van der Waals surface area (Å²) in [5, 5.41) is 17.0. The molecule has 2 unspecified atom stereocenters. The molecule has 0 saturated heterocycles. The molecule has 3 aromatic carbocycles. The summed E-state index contributed by atoms with van der Waals surface area (Å²) in [5.74, 6) is 0.00522. The van der Waals surface area contributed by atoms with E-state index in [-0.39, 0.29) is 36.8 Å². The van der Waals surface area contributed by atoms with Gasteiger partial charge in [-0.15, -0.1) is 12.4 Å². The standard InChI is InChI=1S/C30H33N3O4.ClH/c1-2-37-28-16-24-22(12-13-33(30(24)36)19-20-8-4-3-5-9-20)14-25(28)29(35)32-18-27(34)26-15-21-10-6-7-11-23(21)17-31-26;/h3-11,14,16,26-27,31,34H,2,12-13,15,17-19H2,1H3,(H,32,35);1H. The topological polar surface area (TPSA) is 90.9 Å². The lowest BCUT2D eigenvalue weighted by Crippen LogP contribution is -2.49. The first-order valence-electron chi connectivity index (χ1n) is 12.9. The van der Waals surface area contributed by atoms with Crippen LogP contribution in [0.3, 0.4) is 0 Å². The lowest BCUT2D eigenvalue weighted by Gasteiger charge is -2.30. The van der Waals surface area contributed by atoms with Gasteiger partial charge in [0.1, 0.15) is 5.75 Å². The number of aliphatic hydroxyl groups is 1. The van der Waals surface area contributed by atoms with Crippen LogP contribution in [0.4, 0.5) is 0 Å². The predicted octanol–water partition coefficient (Wildman–Crippen LogP) is 3.51. The van der Waals surface area contributed by atoms with Crippen molar-refractivity contribution in [2.45, 2.75) is 45.0 Å². The molecule has 0 bridgehead atoms. The molecule has 200 valence electrons. The van der Waals surface area contributed by atoms with Crippen LogP contribution >= 0.6 is 12.4 Å². The molecule has 0 aromatic heterocycles. The number of nitrogens with zero attached hydrogens (tertiary/aromatic N) is 1. The maximum Gasteiger partial charge on any atom is 0.255 e. The molecule has 3 aromatic rings. The number of rotatable bonds is 8. The number of carbonyl (C=O) groups is 2. The van der Waals surface area contributed by atoms with E-state index in [1.807, 2.05) is 54.3 Å². The summed E-state index contributed by atoms with van der Waals surface area (Å²) in [5.41, 5.74) is 5.34. The van der Waals surface area contributed by atoms with Crippen LogP contribution in [0.1, 0.15) is 49.9 Å². The maximum atomic E-state index is 13.3. The van der Waals surface area contributed by atoms with Crippen molar-refractivity contribution >= 4 is 24.2 Å². The molecule has 0 spiro atoms. The SMILES string of the molecule is CCOc1cc2c(cc1C(=O)NCC(O)C1Cc3ccccc3CN1)CCN(Cc1ccccc1)C2=O.Cl. The van der Waals surface area contributed by atoms with E-state index < -0.39 is 6.10 Å². The van der Waals surface area contributed by atoms with Crippen molar-refractivity contribution in [2.75, 3.05) is 19.7 Å². The fourth-order valence-corrected chi connectivity index (χ4v) is 5.15. The second-order valence-corrected chi connectivity index (χ2v) is 9.64. The molecule has 2 heterocycles. The minimum absolute atomic E-state index is 0. The summed E-state index contributed by atoms with van der Waals surface area (Å²) >= 11 is 0. The number of ether oxygens (including phenoxy) is 1. The molecule has 2 aliphatic rings. The summed E-state index contributed by atoms with van der Waals surface area (Å²) in [7, 11) is 0. The average Bonchev–Trinajstić information content (AvgIpc) is 2.93. The van der Waals surface area contributed by atoms with E-state index in [2.05, 4.69) is 22.8 Å². The van der Waals surface area contributed by atoms with Crippen LogP contribution in [0.2, 0.25) is 0 Å². The van der Waals surface area contributed by atoms with E-state index >= 15 is 0 Å². The number of fused-ring (bicyclic) bond motifs is 2. The van der Waals surface area contributed by atoms with Crippen molar-refractivity contribution < 1.29 is 19.4 Å². The van der Waals surface area contributed by atoms with E-state index in [9.17, 15) is 14.7 Å². The average molecular weight is 536 g/mol. The van der Waals surface area contributed by atoms with Crippen molar-refractivity contribution in [1.82, 2.24) is 15.5 Å².